The maximum Gasteiger partial charge on any atom is 0.328 e. The molecule has 4 nitrogen and oxygen atoms in total. The molecule has 5 fully saturated rings. The number of carbonyl (C=O) groups excluding carboxylic acids is 2. The number of hydrogen-bond acceptors (Lipinski definition) is 4. The molecule has 0 amide bonds. The van der Waals surface area contributed by atoms with Gasteiger partial charge in [-0.25, -0.2) is 4.79 Å². The molecule has 4 heteroatoms. The van der Waals surface area contributed by atoms with E-state index in [1.54, 1.807) is 0 Å². The average Bonchev–Trinajstić information content (AvgIpc) is 3.10. The fourth-order valence-electron chi connectivity index (χ4n) is 8.91. The summed E-state index contributed by atoms with van der Waals surface area (Å²) in [6.45, 7) is 5.56. The number of fused-ring (bicyclic) bond motifs is 5. The monoisotopic (exact) mass is 435 g/mol. The topological polar surface area (TPSA) is 55.4 Å². The van der Waals surface area contributed by atoms with E-state index in [9.17, 15) is 9.59 Å². The lowest BCUT2D eigenvalue weighted by molar-refractivity contribution is -0.193. The normalized spacial score (nSPS) is 48.0. The largest absolute Gasteiger partial charge is 0.456 e. The molecule has 1 heterocycles. The van der Waals surface area contributed by atoms with Crippen LogP contribution in [0.3, 0.4) is 0 Å². The summed E-state index contributed by atoms with van der Waals surface area (Å²) in [5, 5.41) is 3.54. The summed E-state index contributed by atoms with van der Waals surface area (Å²) < 4.78 is 6.27. The van der Waals surface area contributed by atoms with Gasteiger partial charge in [-0.05, 0) is 86.0 Å². The third kappa shape index (κ3) is 2.90. The molecule has 1 spiro atoms. The van der Waals surface area contributed by atoms with E-state index in [1.807, 2.05) is 30.3 Å². The summed E-state index contributed by atoms with van der Waals surface area (Å²) in [5.41, 5.74) is 0.926. The second-order valence-electron chi connectivity index (χ2n) is 12.1. The van der Waals surface area contributed by atoms with Crippen LogP contribution in [-0.2, 0) is 14.3 Å². The fourth-order valence-corrected chi connectivity index (χ4v) is 8.91. The van der Waals surface area contributed by atoms with Gasteiger partial charge in [-0.3, -0.25) is 10.1 Å². The molecule has 172 valence electrons. The zero-order valence-corrected chi connectivity index (χ0v) is 19.6. The maximum absolute atomic E-state index is 13.0. The predicted octanol–water partition coefficient (Wildman–Crippen LogP) is 5.22. The zero-order valence-electron chi connectivity index (χ0n) is 19.6. The summed E-state index contributed by atoms with van der Waals surface area (Å²) in [4.78, 5) is 25.7. The van der Waals surface area contributed by atoms with Gasteiger partial charge in [0.15, 0.2) is 0 Å². The Morgan fingerprint density at radius 1 is 0.938 bits per heavy atom. The first-order valence-corrected chi connectivity index (χ1v) is 12.9. The lowest BCUT2D eigenvalue weighted by Gasteiger charge is -2.62. The molecule has 8 atom stereocenters. The Bertz CT molecular complexity index is 930. The summed E-state index contributed by atoms with van der Waals surface area (Å²) in [6, 6.07) is 9.59. The van der Waals surface area contributed by atoms with E-state index >= 15 is 0 Å². The van der Waals surface area contributed by atoms with Gasteiger partial charge in [0.05, 0.1) is 0 Å². The highest BCUT2D eigenvalue weighted by Crippen LogP contribution is 2.66. The van der Waals surface area contributed by atoms with Gasteiger partial charge in [-0.15, -0.1) is 0 Å². The molecule has 0 bridgehead atoms. The van der Waals surface area contributed by atoms with Crippen molar-refractivity contribution in [1.82, 2.24) is 5.32 Å². The molecule has 1 saturated heterocycles. The smallest absolute Gasteiger partial charge is 0.328 e. The van der Waals surface area contributed by atoms with Crippen LogP contribution in [0.1, 0.15) is 83.2 Å². The number of ketones is 1. The van der Waals surface area contributed by atoms with E-state index in [-0.39, 0.29) is 23.0 Å². The summed E-state index contributed by atoms with van der Waals surface area (Å²) in [5.74, 6) is 3.07. The number of benzene rings is 1. The van der Waals surface area contributed by atoms with Crippen molar-refractivity contribution in [1.29, 1.82) is 0 Å². The van der Waals surface area contributed by atoms with Crippen LogP contribution < -0.4 is 5.32 Å². The fraction of sp³-hybridized carbons (Fsp3) is 0.714. The average molecular weight is 436 g/mol. The van der Waals surface area contributed by atoms with Crippen LogP contribution in [0.5, 0.6) is 0 Å². The van der Waals surface area contributed by atoms with Crippen LogP contribution in [-0.4, -0.2) is 23.9 Å². The van der Waals surface area contributed by atoms with Gasteiger partial charge in [0.1, 0.15) is 17.4 Å². The molecule has 0 aromatic heterocycles. The predicted molar refractivity (Wildman–Crippen MR) is 123 cm³/mol. The van der Waals surface area contributed by atoms with Gasteiger partial charge in [-0.2, -0.15) is 0 Å². The molecule has 1 aromatic rings. The van der Waals surface area contributed by atoms with Crippen molar-refractivity contribution in [2.75, 3.05) is 6.54 Å². The molecule has 4 saturated carbocycles. The van der Waals surface area contributed by atoms with Gasteiger partial charge in [0.25, 0.3) is 0 Å². The van der Waals surface area contributed by atoms with Crippen molar-refractivity contribution < 1.29 is 14.3 Å². The Kier molecular flexibility index (Phi) is 4.67. The van der Waals surface area contributed by atoms with Crippen LogP contribution in [0.4, 0.5) is 0 Å². The van der Waals surface area contributed by atoms with Crippen LogP contribution in [0, 0.1) is 34.5 Å². The number of esters is 1. The Balaban J connectivity index is 1.19. The molecule has 32 heavy (non-hydrogen) atoms. The molecule has 5 aliphatic rings. The van der Waals surface area contributed by atoms with Crippen molar-refractivity contribution in [3.63, 3.8) is 0 Å². The lowest BCUT2D eigenvalue weighted by Crippen LogP contribution is -2.61. The molecular formula is C28H37NO3. The number of morpholine rings is 1. The van der Waals surface area contributed by atoms with Crippen LogP contribution in [0.25, 0.3) is 0 Å². The zero-order chi connectivity index (χ0) is 22.1. The van der Waals surface area contributed by atoms with Gasteiger partial charge < -0.3 is 4.74 Å². The molecular weight excluding hydrogens is 398 g/mol. The third-order valence-electron chi connectivity index (χ3n) is 10.8. The van der Waals surface area contributed by atoms with Gasteiger partial charge in [0.2, 0.25) is 0 Å². The van der Waals surface area contributed by atoms with E-state index in [2.05, 4.69) is 19.2 Å². The van der Waals surface area contributed by atoms with Crippen molar-refractivity contribution in [2.24, 2.45) is 34.5 Å². The second kappa shape index (κ2) is 7.16. The number of carbonyl (C=O) groups is 2. The van der Waals surface area contributed by atoms with E-state index in [4.69, 9.17) is 4.74 Å². The highest BCUT2D eigenvalue weighted by molar-refractivity contribution is 5.87. The summed E-state index contributed by atoms with van der Waals surface area (Å²) in [7, 11) is 0. The molecule has 0 unspecified atom stereocenters. The van der Waals surface area contributed by atoms with Crippen molar-refractivity contribution >= 4 is 11.8 Å². The first kappa shape index (κ1) is 20.9. The number of rotatable bonds is 1. The first-order chi connectivity index (χ1) is 15.3. The van der Waals surface area contributed by atoms with Gasteiger partial charge >= 0.3 is 5.97 Å². The van der Waals surface area contributed by atoms with E-state index in [1.165, 1.54) is 19.3 Å². The number of nitrogens with one attached hydrogen (secondary N) is 1. The highest BCUT2D eigenvalue weighted by atomic mass is 16.6. The summed E-state index contributed by atoms with van der Waals surface area (Å²) >= 11 is 0. The van der Waals surface area contributed by atoms with E-state index in [0.29, 0.717) is 29.0 Å². The van der Waals surface area contributed by atoms with Gasteiger partial charge in [0, 0.05) is 18.4 Å². The van der Waals surface area contributed by atoms with Crippen LogP contribution in [0.2, 0.25) is 0 Å². The lowest BCUT2D eigenvalue weighted by atomic mass is 9.44. The molecule has 1 aromatic carbocycles. The first-order valence-electron chi connectivity index (χ1n) is 12.9. The quantitative estimate of drug-likeness (QED) is 0.614. The molecule has 4 aliphatic carbocycles. The Hall–Kier alpha value is -1.68. The van der Waals surface area contributed by atoms with Crippen molar-refractivity contribution in [3.8, 4) is 0 Å². The minimum atomic E-state index is -0.346. The Morgan fingerprint density at radius 2 is 1.75 bits per heavy atom. The molecule has 6 rings (SSSR count). The van der Waals surface area contributed by atoms with E-state index < -0.39 is 0 Å². The molecule has 1 aliphatic heterocycles. The van der Waals surface area contributed by atoms with E-state index in [0.717, 1.165) is 56.6 Å². The number of hydrogen-bond donors (Lipinski definition) is 1. The third-order valence-corrected chi connectivity index (χ3v) is 10.8. The Labute approximate surface area is 191 Å². The van der Waals surface area contributed by atoms with Crippen molar-refractivity contribution in [2.45, 2.75) is 83.3 Å². The van der Waals surface area contributed by atoms with Crippen molar-refractivity contribution in [3.05, 3.63) is 35.9 Å². The number of ether oxygens (including phenoxy) is 1. The van der Waals surface area contributed by atoms with Gasteiger partial charge in [-0.1, -0.05) is 44.2 Å². The summed E-state index contributed by atoms with van der Waals surface area (Å²) in [6.07, 6.45) is 9.78. The molecule has 0 radical (unpaired) electrons. The minimum absolute atomic E-state index is 0.0461. The number of Topliss-reactive ketones (excluding diaryl/α,β-unsaturated/α-hetero) is 1. The minimum Gasteiger partial charge on any atom is -0.456 e. The highest BCUT2D eigenvalue weighted by Gasteiger charge is 2.62. The Morgan fingerprint density at radius 3 is 2.53 bits per heavy atom. The van der Waals surface area contributed by atoms with Crippen LogP contribution in [0.15, 0.2) is 30.3 Å². The molecule has 1 N–H and O–H groups in total. The standard InChI is InChI=1S/C28H37NO3/c1-26-14-15-28(17-29-24(25(31)32-28)18-6-4-3-5-7-18)16-19(26)8-9-20-21-10-11-23(30)27(21,2)13-12-22(20)26/h3-7,19-22,24,29H,8-17H2,1-2H3/t19-,20-,21-,22-,24+,26-,27-,28+/m0/s1. The SMILES string of the molecule is C[C@]12CC[C@]3(CN[C@H](c4ccccc4)C(=O)O3)C[C@@H]1CC[C@@H]1[C@@H]2CC[C@]2(C)C(=O)CC[C@@H]12. The maximum atomic E-state index is 13.0. The van der Waals surface area contributed by atoms with Crippen LogP contribution >= 0.6 is 0 Å². The second-order valence-corrected chi connectivity index (χ2v) is 12.1.